The number of rotatable bonds is 5. The van der Waals surface area contributed by atoms with Crippen molar-refractivity contribution in [3.8, 4) is 5.75 Å². The van der Waals surface area contributed by atoms with Crippen LogP contribution in [0, 0.1) is 6.92 Å². The second kappa shape index (κ2) is 7.65. The summed E-state index contributed by atoms with van der Waals surface area (Å²) in [4.78, 5) is 23.4. The van der Waals surface area contributed by atoms with Crippen LogP contribution in [0.4, 0.5) is 0 Å². The van der Waals surface area contributed by atoms with E-state index in [1.54, 1.807) is 18.2 Å². The average molecular weight is 350 g/mol. The quantitative estimate of drug-likeness (QED) is 0.436. The van der Waals surface area contributed by atoms with Gasteiger partial charge in [0, 0.05) is 17.5 Å². The van der Waals surface area contributed by atoms with E-state index in [0.29, 0.717) is 17.0 Å². The first-order chi connectivity index (χ1) is 12.5. The zero-order valence-corrected chi connectivity index (χ0v) is 14.5. The zero-order chi connectivity index (χ0) is 18.5. The highest BCUT2D eigenvalue weighted by Gasteiger charge is 2.06. The molecule has 0 radical (unpaired) electrons. The number of hydrogen-bond acceptors (Lipinski definition) is 5. The first kappa shape index (κ1) is 17.4. The van der Waals surface area contributed by atoms with E-state index in [0.717, 1.165) is 16.5 Å². The summed E-state index contributed by atoms with van der Waals surface area (Å²) in [5.41, 5.74) is 4.90. The van der Waals surface area contributed by atoms with Gasteiger partial charge in [0.25, 0.3) is 5.91 Å². The van der Waals surface area contributed by atoms with Gasteiger partial charge in [-0.15, -0.1) is 0 Å². The van der Waals surface area contributed by atoms with Crippen molar-refractivity contribution in [3.63, 3.8) is 0 Å². The molecule has 6 nitrogen and oxygen atoms in total. The van der Waals surface area contributed by atoms with Crippen LogP contribution >= 0.6 is 0 Å². The number of carbonyl (C=O) groups is 1. The third kappa shape index (κ3) is 4.16. The Hall–Kier alpha value is -3.41. The van der Waals surface area contributed by atoms with Crippen molar-refractivity contribution in [3.05, 3.63) is 76.1 Å². The molecule has 0 atom stereocenters. The highest BCUT2D eigenvalue weighted by Crippen LogP contribution is 2.22. The molecule has 0 aliphatic rings. The number of nitrogens with zero attached hydrogens (tertiary/aromatic N) is 1. The molecule has 0 unspecified atom stereocenters. The van der Waals surface area contributed by atoms with Crippen LogP contribution in [-0.4, -0.2) is 18.2 Å². The lowest BCUT2D eigenvalue weighted by atomic mass is 10.1. The highest BCUT2D eigenvalue weighted by molar-refractivity contribution is 5.99. The topological polar surface area (TPSA) is 80.9 Å². The van der Waals surface area contributed by atoms with Crippen LogP contribution in [0.5, 0.6) is 5.75 Å². The smallest absolute Gasteiger partial charge is 0.336 e. The Bertz CT molecular complexity index is 1020. The summed E-state index contributed by atoms with van der Waals surface area (Å²) in [6, 6.07) is 16.1. The molecule has 2 aromatic carbocycles. The molecule has 3 aromatic rings. The van der Waals surface area contributed by atoms with Crippen molar-refractivity contribution in [2.45, 2.75) is 13.8 Å². The Kier molecular flexibility index (Phi) is 5.12. The SMILES string of the molecule is C/C(=N/NC(=O)COc1ccc2c(C)cc(=O)oc2c1)c1ccccc1. The Balaban J connectivity index is 1.63. The molecule has 132 valence electrons. The maximum absolute atomic E-state index is 11.9. The first-order valence-electron chi connectivity index (χ1n) is 8.09. The molecular formula is C20H18N2O4. The minimum absolute atomic E-state index is 0.201. The van der Waals surface area contributed by atoms with Gasteiger partial charge in [0.2, 0.25) is 0 Å². The van der Waals surface area contributed by atoms with Crippen molar-refractivity contribution < 1.29 is 13.9 Å². The standard InChI is InChI=1S/C20H18N2O4/c1-13-10-20(24)26-18-11-16(8-9-17(13)18)25-12-19(23)22-21-14(2)15-6-4-3-5-7-15/h3-11H,12H2,1-2H3,(H,22,23)/b21-14-. The van der Waals surface area contributed by atoms with Crippen LogP contribution in [0.3, 0.4) is 0 Å². The van der Waals surface area contributed by atoms with Gasteiger partial charge in [-0.3, -0.25) is 4.79 Å². The minimum atomic E-state index is -0.421. The molecule has 0 aliphatic carbocycles. The summed E-state index contributed by atoms with van der Waals surface area (Å²) >= 11 is 0. The predicted octanol–water partition coefficient (Wildman–Crippen LogP) is 3.02. The van der Waals surface area contributed by atoms with Crippen molar-refractivity contribution >= 4 is 22.6 Å². The molecule has 0 spiro atoms. The monoisotopic (exact) mass is 350 g/mol. The molecule has 1 heterocycles. The molecule has 1 N–H and O–H groups in total. The number of fused-ring (bicyclic) bond motifs is 1. The maximum atomic E-state index is 11.9. The number of aryl methyl sites for hydroxylation is 1. The molecule has 26 heavy (non-hydrogen) atoms. The van der Waals surface area contributed by atoms with Crippen molar-refractivity contribution in [2.75, 3.05) is 6.61 Å². The first-order valence-corrected chi connectivity index (χ1v) is 8.09. The van der Waals surface area contributed by atoms with E-state index < -0.39 is 5.63 Å². The fourth-order valence-electron chi connectivity index (χ4n) is 2.47. The normalized spacial score (nSPS) is 11.4. The van der Waals surface area contributed by atoms with Crippen LogP contribution < -0.4 is 15.8 Å². The number of nitrogens with one attached hydrogen (secondary N) is 1. The van der Waals surface area contributed by atoms with Gasteiger partial charge in [-0.2, -0.15) is 5.10 Å². The Morgan fingerprint density at radius 1 is 1.15 bits per heavy atom. The molecule has 0 aliphatic heterocycles. The second-order valence-corrected chi connectivity index (χ2v) is 5.79. The molecule has 1 aromatic heterocycles. The van der Waals surface area contributed by atoms with E-state index >= 15 is 0 Å². The van der Waals surface area contributed by atoms with E-state index in [2.05, 4.69) is 10.5 Å². The van der Waals surface area contributed by atoms with E-state index in [1.165, 1.54) is 6.07 Å². The van der Waals surface area contributed by atoms with Crippen LogP contribution in [0.15, 0.2) is 68.9 Å². The number of hydrazone groups is 1. The van der Waals surface area contributed by atoms with Gasteiger partial charge in [0.05, 0.1) is 5.71 Å². The summed E-state index contributed by atoms with van der Waals surface area (Å²) in [6.45, 7) is 3.44. The van der Waals surface area contributed by atoms with Gasteiger partial charge in [-0.25, -0.2) is 10.2 Å². The lowest BCUT2D eigenvalue weighted by Gasteiger charge is -2.07. The van der Waals surface area contributed by atoms with Gasteiger partial charge in [0.15, 0.2) is 6.61 Å². The van der Waals surface area contributed by atoms with Gasteiger partial charge >= 0.3 is 5.63 Å². The lowest BCUT2D eigenvalue weighted by molar-refractivity contribution is -0.123. The molecule has 0 fully saturated rings. The van der Waals surface area contributed by atoms with E-state index in [-0.39, 0.29) is 12.5 Å². The number of ether oxygens (including phenoxy) is 1. The van der Waals surface area contributed by atoms with E-state index in [9.17, 15) is 9.59 Å². The maximum Gasteiger partial charge on any atom is 0.336 e. The third-order valence-corrected chi connectivity index (χ3v) is 3.83. The summed E-state index contributed by atoms with van der Waals surface area (Å²) in [6.07, 6.45) is 0. The van der Waals surface area contributed by atoms with Gasteiger partial charge in [0.1, 0.15) is 11.3 Å². The van der Waals surface area contributed by atoms with E-state index in [4.69, 9.17) is 9.15 Å². The van der Waals surface area contributed by atoms with Crippen molar-refractivity contribution in [2.24, 2.45) is 5.10 Å². The Morgan fingerprint density at radius 3 is 2.69 bits per heavy atom. The molecular weight excluding hydrogens is 332 g/mol. The zero-order valence-electron chi connectivity index (χ0n) is 14.5. The number of amides is 1. The van der Waals surface area contributed by atoms with E-state index in [1.807, 2.05) is 44.2 Å². The fourth-order valence-corrected chi connectivity index (χ4v) is 2.47. The van der Waals surface area contributed by atoms with Crippen LogP contribution in [0.25, 0.3) is 11.0 Å². The summed E-state index contributed by atoms with van der Waals surface area (Å²) in [5, 5.41) is 4.88. The van der Waals surface area contributed by atoms with Crippen LogP contribution in [0.2, 0.25) is 0 Å². The number of carbonyl (C=O) groups excluding carboxylic acids is 1. The summed E-state index contributed by atoms with van der Waals surface area (Å²) in [7, 11) is 0. The van der Waals surface area contributed by atoms with Crippen molar-refractivity contribution in [1.82, 2.24) is 5.43 Å². The predicted molar refractivity (Wildman–Crippen MR) is 99.5 cm³/mol. The number of benzene rings is 2. The molecule has 0 bridgehead atoms. The van der Waals surface area contributed by atoms with Crippen LogP contribution in [-0.2, 0) is 4.79 Å². The Morgan fingerprint density at radius 2 is 1.92 bits per heavy atom. The molecule has 0 saturated heterocycles. The summed E-state index contributed by atoms with van der Waals surface area (Å²) in [5.74, 6) is 0.0521. The largest absolute Gasteiger partial charge is 0.484 e. The molecule has 0 saturated carbocycles. The lowest BCUT2D eigenvalue weighted by Crippen LogP contribution is -2.25. The molecule has 1 amide bonds. The Labute approximate surface area is 150 Å². The highest BCUT2D eigenvalue weighted by atomic mass is 16.5. The van der Waals surface area contributed by atoms with Crippen LogP contribution in [0.1, 0.15) is 18.1 Å². The van der Waals surface area contributed by atoms with Gasteiger partial charge < -0.3 is 9.15 Å². The number of hydrogen-bond donors (Lipinski definition) is 1. The van der Waals surface area contributed by atoms with Gasteiger partial charge in [-0.05, 0) is 37.1 Å². The third-order valence-electron chi connectivity index (χ3n) is 3.83. The molecule has 6 heteroatoms. The molecule has 3 rings (SSSR count). The van der Waals surface area contributed by atoms with Crippen molar-refractivity contribution in [1.29, 1.82) is 0 Å². The summed E-state index contributed by atoms with van der Waals surface area (Å²) < 4.78 is 10.6. The minimum Gasteiger partial charge on any atom is -0.484 e. The average Bonchev–Trinajstić information content (AvgIpc) is 2.64. The van der Waals surface area contributed by atoms with Gasteiger partial charge in [-0.1, -0.05) is 30.3 Å². The fraction of sp³-hybridized carbons (Fsp3) is 0.150. The second-order valence-electron chi connectivity index (χ2n) is 5.79.